The van der Waals surface area contributed by atoms with Gasteiger partial charge in [-0.25, -0.2) is 0 Å². The molecule has 0 spiro atoms. The summed E-state index contributed by atoms with van der Waals surface area (Å²) in [5.74, 6) is 2.34. The minimum Gasteiger partial charge on any atom is -0.376 e. The molecule has 1 aromatic carbocycles. The molecule has 6 rings (SSSR count). The summed E-state index contributed by atoms with van der Waals surface area (Å²) in [6.45, 7) is 5.85. The Kier molecular flexibility index (Phi) is 5.74. The van der Waals surface area contributed by atoms with Crippen LogP contribution in [0, 0.1) is 28.6 Å². The van der Waals surface area contributed by atoms with Gasteiger partial charge in [-0.2, -0.15) is 0 Å². The summed E-state index contributed by atoms with van der Waals surface area (Å²) in [6, 6.07) is 12.0. The molecule has 0 heterocycles. The van der Waals surface area contributed by atoms with Crippen LogP contribution >= 0.6 is 12.2 Å². The van der Waals surface area contributed by atoms with Crippen LogP contribution in [-0.2, 0) is 5.41 Å². The molecule has 5 aliphatic rings. The van der Waals surface area contributed by atoms with Crippen molar-refractivity contribution in [2.24, 2.45) is 34.3 Å². The Bertz CT molecular complexity index is 778. The largest absolute Gasteiger partial charge is 0.376 e. The van der Waals surface area contributed by atoms with E-state index in [4.69, 9.17) is 18.0 Å². The van der Waals surface area contributed by atoms with E-state index < -0.39 is 0 Å². The maximum atomic E-state index is 6.29. The van der Waals surface area contributed by atoms with Crippen molar-refractivity contribution in [1.29, 1.82) is 0 Å². The highest BCUT2D eigenvalue weighted by molar-refractivity contribution is 7.80. The Hall–Kier alpha value is -0.930. The Morgan fingerprint density at radius 1 is 1.03 bits per heavy atom. The molecule has 5 aliphatic carbocycles. The predicted octanol–water partition coefficient (Wildman–Crippen LogP) is 6.38. The second-order valence-corrected chi connectivity index (χ2v) is 12.4. The first-order chi connectivity index (χ1) is 14.9. The molecule has 5 saturated carbocycles. The first-order valence-corrected chi connectivity index (χ1v) is 13.4. The Labute approximate surface area is 195 Å². The number of nitrogens with two attached hydrogens (primary N) is 1. The zero-order chi connectivity index (χ0) is 21.7. The topological polar surface area (TPSA) is 38.0 Å². The molecule has 0 amide bonds. The second-order valence-electron chi connectivity index (χ2n) is 12.0. The molecule has 0 saturated heterocycles. The van der Waals surface area contributed by atoms with Crippen LogP contribution in [-0.4, -0.2) is 17.6 Å². The van der Waals surface area contributed by atoms with Crippen LogP contribution in [0.1, 0.15) is 90.0 Å². The van der Waals surface area contributed by atoms with Gasteiger partial charge in [0.05, 0.1) is 4.99 Å². The average molecular weight is 439 g/mol. The molecule has 31 heavy (non-hydrogen) atoms. The highest BCUT2D eigenvalue weighted by atomic mass is 32.1. The van der Waals surface area contributed by atoms with Gasteiger partial charge in [-0.05, 0) is 105 Å². The average Bonchev–Trinajstić information content (AvgIpc) is 2.78. The van der Waals surface area contributed by atoms with Crippen LogP contribution in [0.25, 0.3) is 0 Å². The van der Waals surface area contributed by atoms with Gasteiger partial charge >= 0.3 is 0 Å². The Balaban J connectivity index is 1.42. The maximum Gasteiger partial charge on any atom is 0.0818 e. The highest BCUT2D eigenvalue weighted by Gasteiger charge is 2.66. The lowest BCUT2D eigenvalue weighted by molar-refractivity contribution is -0.137. The van der Waals surface area contributed by atoms with Gasteiger partial charge in [-0.1, -0.05) is 62.8 Å². The summed E-state index contributed by atoms with van der Waals surface area (Å²) >= 11 is 6.29. The summed E-state index contributed by atoms with van der Waals surface area (Å²) in [7, 11) is 0. The van der Waals surface area contributed by atoms with E-state index >= 15 is 0 Å². The third kappa shape index (κ3) is 3.59. The molecular formula is C28H42N2S. The van der Waals surface area contributed by atoms with Gasteiger partial charge in [0, 0.05) is 11.5 Å². The van der Waals surface area contributed by atoms with Gasteiger partial charge in [0.15, 0.2) is 0 Å². The van der Waals surface area contributed by atoms with E-state index in [-0.39, 0.29) is 5.41 Å². The van der Waals surface area contributed by atoms with Crippen molar-refractivity contribution in [3.63, 3.8) is 0 Å². The lowest BCUT2D eigenvalue weighted by atomic mass is 9.36. The fraction of sp³-hybridized carbons (Fsp3) is 0.750. The minimum atomic E-state index is 0.217. The minimum absolute atomic E-state index is 0.217. The van der Waals surface area contributed by atoms with E-state index in [9.17, 15) is 0 Å². The lowest BCUT2D eigenvalue weighted by Crippen LogP contribution is -2.65. The van der Waals surface area contributed by atoms with Crippen molar-refractivity contribution in [3.05, 3.63) is 35.9 Å². The molecule has 0 aromatic heterocycles. The molecular weight excluding hydrogens is 396 g/mol. The zero-order valence-electron chi connectivity index (χ0n) is 19.7. The maximum absolute atomic E-state index is 6.29. The van der Waals surface area contributed by atoms with Gasteiger partial charge in [0.1, 0.15) is 0 Å². The van der Waals surface area contributed by atoms with Crippen molar-refractivity contribution in [1.82, 2.24) is 5.32 Å². The van der Waals surface area contributed by atoms with E-state index in [0.717, 1.165) is 24.3 Å². The fourth-order valence-corrected chi connectivity index (χ4v) is 9.03. The summed E-state index contributed by atoms with van der Waals surface area (Å²) < 4.78 is 0. The Morgan fingerprint density at radius 3 is 2.26 bits per heavy atom. The van der Waals surface area contributed by atoms with E-state index in [2.05, 4.69) is 49.5 Å². The molecule has 3 heteroatoms. The molecule has 1 aromatic rings. The summed E-state index contributed by atoms with van der Waals surface area (Å²) in [5, 5.41) is 3.94. The molecule has 2 atom stereocenters. The summed E-state index contributed by atoms with van der Waals surface area (Å²) in [5.41, 5.74) is 8.57. The Morgan fingerprint density at radius 2 is 1.68 bits per heavy atom. The molecule has 0 radical (unpaired) electrons. The van der Waals surface area contributed by atoms with E-state index in [1.54, 1.807) is 5.56 Å². The van der Waals surface area contributed by atoms with Gasteiger partial charge in [-0.15, -0.1) is 0 Å². The van der Waals surface area contributed by atoms with Gasteiger partial charge in [0.2, 0.25) is 0 Å². The first-order valence-electron chi connectivity index (χ1n) is 13.0. The number of hydrogen-bond acceptors (Lipinski definition) is 2. The van der Waals surface area contributed by atoms with Crippen LogP contribution in [0.4, 0.5) is 0 Å². The number of hydrogen-bond donors (Lipinski definition) is 2. The van der Waals surface area contributed by atoms with Crippen LogP contribution in [0.2, 0.25) is 0 Å². The van der Waals surface area contributed by atoms with Crippen molar-refractivity contribution < 1.29 is 0 Å². The number of benzene rings is 1. The number of nitrogens with one attached hydrogen (secondary N) is 1. The molecule has 2 nitrogen and oxygen atoms in total. The number of thiocarbonyl (C=S) groups is 1. The van der Waals surface area contributed by atoms with E-state index in [1.165, 1.54) is 75.6 Å². The third-order valence-corrected chi connectivity index (χ3v) is 10.8. The number of rotatable bonds is 6. The predicted molar refractivity (Wildman–Crippen MR) is 134 cm³/mol. The normalized spacial score (nSPS) is 43.7. The molecule has 170 valence electrons. The lowest BCUT2D eigenvalue weighted by Gasteiger charge is -2.69. The smallest absolute Gasteiger partial charge is 0.0818 e. The van der Waals surface area contributed by atoms with Gasteiger partial charge < -0.3 is 11.1 Å². The second kappa shape index (κ2) is 8.13. The summed E-state index contributed by atoms with van der Waals surface area (Å²) in [6.07, 6.45) is 14.3. The van der Waals surface area contributed by atoms with Crippen LogP contribution in [0.5, 0.6) is 0 Å². The van der Waals surface area contributed by atoms with Crippen molar-refractivity contribution in [3.8, 4) is 0 Å². The van der Waals surface area contributed by atoms with Gasteiger partial charge in [-0.3, -0.25) is 0 Å². The van der Waals surface area contributed by atoms with E-state index in [1.807, 2.05) is 0 Å². The van der Waals surface area contributed by atoms with Crippen molar-refractivity contribution in [2.75, 3.05) is 6.54 Å². The molecule has 5 fully saturated rings. The molecule has 4 bridgehead atoms. The van der Waals surface area contributed by atoms with Crippen LogP contribution < -0.4 is 11.1 Å². The van der Waals surface area contributed by atoms with Gasteiger partial charge in [0.25, 0.3) is 0 Å². The zero-order valence-corrected chi connectivity index (χ0v) is 20.5. The SMILES string of the molecule is CCCC1(C)C2CC3(C(=S)N[C@H]4CC[C@H](CN)CC4)CC1CC(c1ccccc1)(C2)C3. The highest BCUT2D eigenvalue weighted by Crippen LogP contribution is 2.72. The fourth-order valence-electron chi connectivity index (χ4n) is 8.62. The standard InChI is InChI=1S/C28H42N2S/c1-3-13-26(2)22-14-27(21-7-5-4-6-8-21)15-23(26)17-28(16-22,19-27)25(31)30-24-11-9-20(18-29)10-12-24/h4-8,20,22-24H,3,9-19,29H2,1-2H3,(H,30,31)/t20-,22?,23?,24-,26?,27?,28?. The quantitative estimate of drug-likeness (QED) is 0.506. The molecule has 0 aliphatic heterocycles. The molecule has 3 N–H and O–H groups in total. The monoisotopic (exact) mass is 438 g/mol. The van der Waals surface area contributed by atoms with Crippen LogP contribution in [0.15, 0.2) is 30.3 Å². The van der Waals surface area contributed by atoms with Crippen molar-refractivity contribution >= 4 is 17.2 Å². The van der Waals surface area contributed by atoms with E-state index in [0.29, 0.717) is 16.9 Å². The summed E-state index contributed by atoms with van der Waals surface area (Å²) in [4.78, 5) is 1.22. The van der Waals surface area contributed by atoms with Crippen molar-refractivity contribution in [2.45, 2.75) is 95.9 Å². The third-order valence-electron chi connectivity index (χ3n) is 10.3. The van der Waals surface area contributed by atoms with Crippen LogP contribution in [0.3, 0.4) is 0 Å². The molecule has 2 unspecified atom stereocenters. The first kappa shape index (κ1) is 21.9.